The van der Waals surface area contributed by atoms with E-state index in [0.29, 0.717) is 11.8 Å². The molecule has 0 amide bonds. The van der Waals surface area contributed by atoms with E-state index in [4.69, 9.17) is 9.47 Å². The molecule has 3 nitrogen and oxygen atoms in total. The fourth-order valence-electron chi connectivity index (χ4n) is 1.18. The van der Waals surface area contributed by atoms with Gasteiger partial charge in [-0.1, -0.05) is 17.4 Å². The van der Waals surface area contributed by atoms with Gasteiger partial charge in [0.15, 0.2) is 0 Å². The molecular weight excluding hydrogens is 290 g/mol. The molecule has 0 saturated carbocycles. The molecule has 0 saturated heterocycles. The minimum absolute atomic E-state index is 0.612. The summed E-state index contributed by atoms with van der Waals surface area (Å²) < 4.78 is 11.8. The summed E-state index contributed by atoms with van der Waals surface area (Å²) in [7, 11) is 0. The minimum Gasteiger partial charge on any atom is -0.494 e. The van der Waals surface area contributed by atoms with E-state index < -0.39 is 0 Å². The number of ether oxygens (including phenoxy) is 2. The van der Waals surface area contributed by atoms with E-state index in [1.807, 2.05) is 36.6 Å². The van der Waals surface area contributed by atoms with Crippen LogP contribution in [-0.4, -0.2) is 11.6 Å². The molecule has 5 heteroatoms. The molecule has 0 fully saturated rings. The quantitative estimate of drug-likeness (QED) is 0.852. The summed E-state index contributed by atoms with van der Waals surface area (Å²) >= 11 is 4.72. The predicted octanol–water partition coefficient (Wildman–Crippen LogP) is 4.10. The van der Waals surface area contributed by atoms with E-state index in [9.17, 15) is 0 Å². The zero-order valence-corrected chi connectivity index (χ0v) is 11.0. The smallest absolute Gasteiger partial charge is 0.279 e. The summed E-state index contributed by atoms with van der Waals surface area (Å²) in [5, 5.41) is 2.49. The first-order valence-corrected chi connectivity index (χ1v) is 6.47. The van der Waals surface area contributed by atoms with E-state index in [-0.39, 0.29) is 0 Å². The van der Waals surface area contributed by atoms with Crippen molar-refractivity contribution in [3.05, 3.63) is 34.2 Å². The highest BCUT2D eigenvalue weighted by Crippen LogP contribution is 2.29. The van der Waals surface area contributed by atoms with Crippen LogP contribution >= 0.6 is 27.3 Å². The Balaban J connectivity index is 2.12. The third-order valence-electron chi connectivity index (χ3n) is 1.78. The first kappa shape index (κ1) is 11.4. The lowest BCUT2D eigenvalue weighted by Crippen LogP contribution is -1.91. The summed E-state index contributed by atoms with van der Waals surface area (Å²) in [6.45, 7) is 2.59. The molecule has 0 spiro atoms. The fraction of sp³-hybridized carbons (Fsp3) is 0.182. The number of benzene rings is 1. The Morgan fingerprint density at radius 1 is 1.38 bits per heavy atom. The van der Waals surface area contributed by atoms with Gasteiger partial charge in [-0.3, -0.25) is 0 Å². The van der Waals surface area contributed by atoms with Crippen molar-refractivity contribution in [2.75, 3.05) is 6.61 Å². The van der Waals surface area contributed by atoms with Gasteiger partial charge in [-0.15, -0.1) is 0 Å². The number of hydrogen-bond acceptors (Lipinski definition) is 4. The SMILES string of the molecule is CCOc1cccc(Oc2nc(Br)cs2)c1. The van der Waals surface area contributed by atoms with Crippen molar-refractivity contribution in [3.63, 3.8) is 0 Å². The molecule has 1 aromatic carbocycles. The van der Waals surface area contributed by atoms with E-state index in [1.165, 1.54) is 11.3 Å². The molecule has 2 rings (SSSR count). The summed E-state index contributed by atoms with van der Waals surface area (Å²) in [5.41, 5.74) is 0. The van der Waals surface area contributed by atoms with Crippen LogP contribution in [0, 0.1) is 0 Å². The molecule has 0 atom stereocenters. The number of halogens is 1. The highest BCUT2D eigenvalue weighted by Gasteiger charge is 2.03. The van der Waals surface area contributed by atoms with Gasteiger partial charge in [0.05, 0.1) is 6.61 Å². The van der Waals surface area contributed by atoms with Gasteiger partial charge in [0.1, 0.15) is 16.1 Å². The van der Waals surface area contributed by atoms with E-state index in [2.05, 4.69) is 20.9 Å². The minimum atomic E-state index is 0.612. The van der Waals surface area contributed by atoms with Crippen LogP contribution in [0.1, 0.15) is 6.92 Å². The number of aromatic nitrogens is 1. The van der Waals surface area contributed by atoms with Crippen molar-refractivity contribution in [1.82, 2.24) is 4.98 Å². The molecule has 1 aromatic heterocycles. The average molecular weight is 300 g/mol. The summed E-state index contributed by atoms with van der Waals surface area (Å²) in [6.07, 6.45) is 0. The van der Waals surface area contributed by atoms with E-state index in [1.54, 1.807) is 0 Å². The largest absolute Gasteiger partial charge is 0.494 e. The maximum absolute atomic E-state index is 5.58. The van der Waals surface area contributed by atoms with Crippen LogP contribution in [0.4, 0.5) is 0 Å². The molecule has 1 heterocycles. The molecule has 84 valence electrons. The molecule has 2 aromatic rings. The number of hydrogen-bond donors (Lipinski definition) is 0. The van der Waals surface area contributed by atoms with E-state index in [0.717, 1.165) is 16.1 Å². The Morgan fingerprint density at radius 2 is 2.19 bits per heavy atom. The third-order valence-corrected chi connectivity index (χ3v) is 3.20. The fourth-order valence-corrected chi connectivity index (χ4v) is 2.29. The van der Waals surface area contributed by atoms with Crippen molar-refractivity contribution in [2.24, 2.45) is 0 Å². The second-order valence-corrected chi connectivity index (χ2v) is 4.58. The zero-order valence-electron chi connectivity index (χ0n) is 8.64. The van der Waals surface area contributed by atoms with Crippen LogP contribution in [0.25, 0.3) is 0 Å². The molecule has 16 heavy (non-hydrogen) atoms. The molecule has 0 unspecified atom stereocenters. The van der Waals surface area contributed by atoms with Gasteiger partial charge < -0.3 is 9.47 Å². The number of rotatable bonds is 4. The van der Waals surface area contributed by atoms with Crippen molar-refractivity contribution < 1.29 is 9.47 Å². The van der Waals surface area contributed by atoms with Crippen LogP contribution in [0.15, 0.2) is 34.2 Å². The Bertz CT molecular complexity index is 473. The Labute approximate surface area is 106 Å². The molecule has 0 aliphatic rings. The second-order valence-electron chi connectivity index (χ2n) is 2.95. The van der Waals surface area contributed by atoms with Crippen LogP contribution < -0.4 is 9.47 Å². The molecule has 0 aliphatic carbocycles. The summed E-state index contributed by atoms with van der Waals surface area (Å²) in [6, 6.07) is 7.51. The Kier molecular flexibility index (Phi) is 3.79. The highest BCUT2D eigenvalue weighted by atomic mass is 79.9. The average Bonchev–Trinajstić information content (AvgIpc) is 2.65. The normalized spacial score (nSPS) is 10.1. The van der Waals surface area contributed by atoms with E-state index >= 15 is 0 Å². The maximum Gasteiger partial charge on any atom is 0.279 e. The first-order valence-electron chi connectivity index (χ1n) is 4.79. The van der Waals surface area contributed by atoms with Crippen LogP contribution in [0.5, 0.6) is 16.7 Å². The molecular formula is C11H10BrNO2S. The van der Waals surface area contributed by atoms with Gasteiger partial charge in [0.25, 0.3) is 5.19 Å². The van der Waals surface area contributed by atoms with Crippen LogP contribution in [0.2, 0.25) is 0 Å². The van der Waals surface area contributed by atoms with Crippen molar-refractivity contribution in [2.45, 2.75) is 6.92 Å². The third kappa shape index (κ3) is 2.96. The van der Waals surface area contributed by atoms with Gasteiger partial charge in [0, 0.05) is 11.4 Å². The first-order chi connectivity index (χ1) is 7.78. The van der Waals surface area contributed by atoms with Gasteiger partial charge in [0.2, 0.25) is 0 Å². The molecule has 0 N–H and O–H groups in total. The van der Waals surface area contributed by atoms with Crippen molar-refractivity contribution in [1.29, 1.82) is 0 Å². The van der Waals surface area contributed by atoms with Gasteiger partial charge in [-0.2, -0.15) is 4.98 Å². The highest BCUT2D eigenvalue weighted by molar-refractivity contribution is 9.10. The van der Waals surface area contributed by atoms with Crippen molar-refractivity contribution >= 4 is 27.3 Å². The number of nitrogens with zero attached hydrogens (tertiary/aromatic N) is 1. The molecule has 0 aliphatic heterocycles. The van der Waals surface area contributed by atoms with Gasteiger partial charge >= 0.3 is 0 Å². The van der Waals surface area contributed by atoms with Crippen LogP contribution in [0.3, 0.4) is 0 Å². The lowest BCUT2D eigenvalue weighted by atomic mass is 10.3. The molecule has 0 bridgehead atoms. The topological polar surface area (TPSA) is 31.4 Å². The lowest BCUT2D eigenvalue weighted by Gasteiger charge is -2.05. The lowest BCUT2D eigenvalue weighted by molar-refractivity contribution is 0.338. The molecule has 0 radical (unpaired) electrons. The maximum atomic E-state index is 5.58. The van der Waals surface area contributed by atoms with Crippen LogP contribution in [-0.2, 0) is 0 Å². The summed E-state index contributed by atoms with van der Waals surface area (Å²) in [4.78, 5) is 4.15. The standard InChI is InChI=1S/C11H10BrNO2S/c1-2-14-8-4-3-5-9(6-8)15-11-13-10(12)7-16-11/h3-7H,2H2,1H3. The Morgan fingerprint density at radius 3 is 2.88 bits per heavy atom. The Hall–Kier alpha value is -1.07. The second kappa shape index (κ2) is 5.32. The van der Waals surface area contributed by atoms with Gasteiger partial charge in [-0.25, -0.2) is 0 Å². The number of thiazole rings is 1. The monoisotopic (exact) mass is 299 g/mol. The van der Waals surface area contributed by atoms with Crippen molar-refractivity contribution in [3.8, 4) is 16.7 Å². The predicted molar refractivity (Wildman–Crippen MR) is 67.5 cm³/mol. The van der Waals surface area contributed by atoms with Gasteiger partial charge in [-0.05, 0) is 35.0 Å². The zero-order chi connectivity index (χ0) is 11.4. The summed E-state index contributed by atoms with van der Waals surface area (Å²) in [5.74, 6) is 1.53.